The van der Waals surface area contributed by atoms with Crippen molar-refractivity contribution in [3.8, 4) is 0 Å². The van der Waals surface area contributed by atoms with Gasteiger partial charge in [-0.1, -0.05) is 19.8 Å². The Labute approximate surface area is 74.3 Å². The third-order valence-electron chi connectivity index (χ3n) is 2.74. The summed E-state index contributed by atoms with van der Waals surface area (Å²) in [5, 5.41) is 0. The van der Waals surface area contributed by atoms with Gasteiger partial charge in [0.05, 0.1) is 0 Å². The van der Waals surface area contributed by atoms with Gasteiger partial charge in [0, 0.05) is 0 Å². The predicted molar refractivity (Wildman–Crippen MR) is 47.8 cm³/mol. The van der Waals surface area contributed by atoms with Gasteiger partial charge < -0.3 is 4.74 Å². The first-order valence-corrected chi connectivity index (χ1v) is 4.96. The van der Waals surface area contributed by atoms with E-state index in [1.807, 2.05) is 0 Å². The molecule has 1 fully saturated rings. The molecule has 0 aromatic carbocycles. The maximum absolute atomic E-state index is 10.1. The Morgan fingerprint density at radius 2 is 2.00 bits per heavy atom. The first kappa shape index (κ1) is 9.56. The van der Waals surface area contributed by atoms with Gasteiger partial charge in [0.1, 0.15) is 6.10 Å². The number of carbonyl (C=O) groups is 1. The molecule has 1 aliphatic rings. The Balaban J connectivity index is 2.15. The summed E-state index contributed by atoms with van der Waals surface area (Å²) >= 11 is 0. The summed E-state index contributed by atoms with van der Waals surface area (Å²) in [6.07, 6.45) is 7.47. The molecule has 0 amide bonds. The first-order chi connectivity index (χ1) is 5.86. The Morgan fingerprint density at radius 1 is 1.33 bits per heavy atom. The molecule has 1 aliphatic carbocycles. The van der Waals surface area contributed by atoms with Crippen LogP contribution in [-0.2, 0) is 9.53 Å². The Morgan fingerprint density at radius 3 is 2.50 bits per heavy atom. The molecular weight excluding hydrogens is 152 g/mol. The van der Waals surface area contributed by atoms with Crippen LogP contribution in [0.25, 0.3) is 0 Å². The molecule has 0 atom stereocenters. The fourth-order valence-corrected chi connectivity index (χ4v) is 2.04. The maximum Gasteiger partial charge on any atom is 0.293 e. The molecule has 0 heterocycles. The van der Waals surface area contributed by atoms with Gasteiger partial charge >= 0.3 is 0 Å². The summed E-state index contributed by atoms with van der Waals surface area (Å²) in [4.78, 5) is 10.1. The van der Waals surface area contributed by atoms with Gasteiger partial charge in [-0.2, -0.15) is 0 Å². The van der Waals surface area contributed by atoms with Crippen molar-refractivity contribution >= 4 is 6.47 Å². The van der Waals surface area contributed by atoms with Gasteiger partial charge in [-0.25, -0.2) is 0 Å². The monoisotopic (exact) mass is 170 g/mol. The van der Waals surface area contributed by atoms with Crippen LogP contribution < -0.4 is 0 Å². The number of hydrogen-bond donors (Lipinski definition) is 0. The van der Waals surface area contributed by atoms with Crippen molar-refractivity contribution in [1.29, 1.82) is 0 Å². The van der Waals surface area contributed by atoms with E-state index in [1.165, 1.54) is 25.7 Å². The molecule has 1 saturated carbocycles. The van der Waals surface area contributed by atoms with Crippen LogP contribution in [0.3, 0.4) is 0 Å². The van der Waals surface area contributed by atoms with Crippen LogP contribution in [0.15, 0.2) is 0 Å². The topological polar surface area (TPSA) is 26.3 Å². The zero-order valence-electron chi connectivity index (χ0n) is 7.79. The van der Waals surface area contributed by atoms with E-state index in [4.69, 9.17) is 4.74 Å². The van der Waals surface area contributed by atoms with Crippen molar-refractivity contribution in [3.63, 3.8) is 0 Å². The highest BCUT2D eigenvalue weighted by Gasteiger charge is 2.20. The molecule has 0 unspecified atom stereocenters. The van der Waals surface area contributed by atoms with Crippen LogP contribution in [0.5, 0.6) is 0 Å². The van der Waals surface area contributed by atoms with Crippen molar-refractivity contribution in [2.45, 2.75) is 51.6 Å². The molecular formula is C10H18O2. The highest BCUT2D eigenvalue weighted by atomic mass is 16.5. The fraction of sp³-hybridized carbons (Fsp3) is 0.900. The molecule has 70 valence electrons. The van der Waals surface area contributed by atoms with Crippen molar-refractivity contribution in [2.75, 3.05) is 0 Å². The summed E-state index contributed by atoms with van der Waals surface area (Å²) < 4.78 is 4.93. The van der Waals surface area contributed by atoms with Gasteiger partial charge in [-0.05, 0) is 31.6 Å². The molecule has 0 N–H and O–H groups in total. The van der Waals surface area contributed by atoms with E-state index in [1.54, 1.807) is 0 Å². The third-order valence-corrected chi connectivity index (χ3v) is 2.74. The summed E-state index contributed by atoms with van der Waals surface area (Å²) in [5.41, 5.74) is 0. The molecule has 1 rings (SSSR count). The minimum atomic E-state index is 0.218. The number of carbonyl (C=O) groups excluding carboxylic acids is 1. The fourth-order valence-electron chi connectivity index (χ4n) is 2.04. The van der Waals surface area contributed by atoms with Gasteiger partial charge in [0.25, 0.3) is 6.47 Å². The van der Waals surface area contributed by atoms with Gasteiger partial charge in [0.15, 0.2) is 0 Å². The molecule has 0 bridgehead atoms. The lowest BCUT2D eigenvalue weighted by atomic mass is 9.85. The minimum Gasteiger partial charge on any atom is -0.465 e. The van der Waals surface area contributed by atoms with Crippen LogP contribution >= 0.6 is 0 Å². The van der Waals surface area contributed by atoms with Crippen molar-refractivity contribution in [1.82, 2.24) is 0 Å². The second-order valence-corrected chi connectivity index (χ2v) is 3.66. The molecule has 0 spiro atoms. The van der Waals surface area contributed by atoms with E-state index in [0.717, 1.165) is 18.8 Å². The average molecular weight is 170 g/mol. The van der Waals surface area contributed by atoms with E-state index in [-0.39, 0.29) is 6.10 Å². The normalized spacial score (nSPS) is 29.8. The highest BCUT2D eigenvalue weighted by molar-refractivity contribution is 5.37. The van der Waals surface area contributed by atoms with Crippen molar-refractivity contribution in [3.05, 3.63) is 0 Å². The summed E-state index contributed by atoms with van der Waals surface area (Å²) in [6, 6.07) is 0. The number of rotatable bonds is 4. The second-order valence-electron chi connectivity index (χ2n) is 3.66. The average Bonchev–Trinajstić information content (AvgIpc) is 2.09. The lowest BCUT2D eigenvalue weighted by molar-refractivity contribution is -0.135. The molecule has 2 heteroatoms. The maximum atomic E-state index is 10.1. The van der Waals surface area contributed by atoms with E-state index in [9.17, 15) is 4.79 Å². The van der Waals surface area contributed by atoms with Crippen molar-refractivity contribution < 1.29 is 9.53 Å². The smallest absolute Gasteiger partial charge is 0.293 e. The molecule has 2 nitrogen and oxygen atoms in total. The minimum absolute atomic E-state index is 0.218. The van der Waals surface area contributed by atoms with Crippen LogP contribution in [-0.4, -0.2) is 12.6 Å². The van der Waals surface area contributed by atoms with Gasteiger partial charge in [-0.15, -0.1) is 0 Å². The SMILES string of the molecule is CCCC1CCC(OC=O)CC1. The zero-order valence-corrected chi connectivity index (χ0v) is 7.79. The standard InChI is InChI=1S/C10H18O2/c1-2-3-9-4-6-10(7-5-9)12-8-11/h8-10H,2-7H2,1H3. The zero-order chi connectivity index (χ0) is 8.81. The van der Waals surface area contributed by atoms with E-state index >= 15 is 0 Å². The van der Waals surface area contributed by atoms with Crippen LogP contribution in [0.4, 0.5) is 0 Å². The highest BCUT2D eigenvalue weighted by Crippen LogP contribution is 2.28. The Kier molecular flexibility index (Phi) is 4.12. The van der Waals surface area contributed by atoms with Crippen LogP contribution in [0.2, 0.25) is 0 Å². The summed E-state index contributed by atoms with van der Waals surface area (Å²) in [6.45, 7) is 2.82. The summed E-state index contributed by atoms with van der Waals surface area (Å²) in [7, 11) is 0. The van der Waals surface area contributed by atoms with Gasteiger partial charge in [-0.3, -0.25) is 4.79 Å². The third kappa shape index (κ3) is 2.84. The van der Waals surface area contributed by atoms with E-state index in [0.29, 0.717) is 6.47 Å². The number of ether oxygens (including phenoxy) is 1. The number of hydrogen-bond acceptors (Lipinski definition) is 2. The lowest BCUT2D eigenvalue weighted by Gasteiger charge is -2.26. The lowest BCUT2D eigenvalue weighted by Crippen LogP contribution is -2.21. The van der Waals surface area contributed by atoms with E-state index in [2.05, 4.69) is 6.92 Å². The Bertz CT molecular complexity index is 126. The summed E-state index contributed by atoms with van der Waals surface area (Å²) in [5.74, 6) is 0.890. The quantitative estimate of drug-likeness (QED) is 0.606. The van der Waals surface area contributed by atoms with Crippen LogP contribution in [0.1, 0.15) is 45.4 Å². The Hall–Kier alpha value is -0.530. The molecule has 0 aromatic rings. The van der Waals surface area contributed by atoms with E-state index < -0.39 is 0 Å². The van der Waals surface area contributed by atoms with Gasteiger partial charge in [0.2, 0.25) is 0 Å². The molecule has 0 saturated heterocycles. The molecule has 12 heavy (non-hydrogen) atoms. The second kappa shape index (κ2) is 5.18. The first-order valence-electron chi connectivity index (χ1n) is 4.96. The molecule has 0 radical (unpaired) electrons. The van der Waals surface area contributed by atoms with Crippen molar-refractivity contribution in [2.24, 2.45) is 5.92 Å². The van der Waals surface area contributed by atoms with Crippen LogP contribution in [0, 0.1) is 5.92 Å². The largest absolute Gasteiger partial charge is 0.465 e. The predicted octanol–water partition coefficient (Wildman–Crippen LogP) is 2.52. The molecule has 0 aromatic heterocycles. The molecule has 0 aliphatic heterocycles.